The third-order valence-corrected chi connectivity index (χ3v) is 2.35. The molecule has 94 valence electrons. The highest BCUT2D eigenvalue weighted by atomic mass is 16.6. The van der Waals surface area contributed by atoms with E-state index in [1.807, 2.05) is 0 Å². The molecule has 0 saturated heterocycles. The Balaban J connectivity index is 2.10. The topological polar surface area (TPSA) is 86.0 Å². The van der Waals surface area contributed by atoms with Crippen LogP contribution in [0.2, 0.25) is 0 Å². The van der Waals surface area contributed by atoms with Crippen molar-refractivity contribution in [1.82, 2.24) is 9.97 Å². The van der Waals surface area contributed by atoms with Crippen molar-refractivity contribution in [3.63, 3.8) is 0 Å². The molecule has 0 aliphatic carbocycles. The van der Waals surface area contributed by atoms with Crippen LogP contribution in [0.1, 0.15) is 16.1 Å². The Bertz CT molecular complexity index is 621. The summed E-state index contributed by atoms with van der Waals surface area (Å²) in [4.78, 5) is 29.4. The SMILES string of the molecule is O=C(/C=C/c1ccc([N+](=O)[O-])cc1)c1cnccn1. The number of aromatic nitrogens is 2. The van der Waals surface area contributed by atoms with Gasteiger partial charge >= 0.3 is 0 Å². The number of hydrogen-bond acceptors (Lipinski definition) is 5. The maximum absolute atomic E-state index is 11.7. The van der Waals surface area contributed by atoms with Crippen LogP contribution in [0.4, 0.5) is 5.69 Å². The van der Waals surface area contributed by atoms with Crippen LogP contribution in [0.3, 0.4) is 0 Å². The zero-order valence-corrected chi connectivity index (χ0v) is 9.76. The summed E-state index contributed by atoms with van der Waals surface area (Å²) in [6, 6.07) is 5.90. The highest BCUT2D eigenvalue weighted by Crippen LogP contribution is 2.13. The van der Waals surface area contributed by atoms with Crippen molar-refractivity contribution in [2.75, 3.05) is 0 Å². The summed E-state index contributed by atoms with van der Waals surface area (Å²) in [7, 11) is 0. The van der Waals surface area contributed by atoms with Crippen LogP contribution < -0.4 is 0 Å². The van der Waals surface area contributed by atoms with Gasteiger partial charge < -0.3 is 0 Å². The predicted molar refractivity (Wildman–Crippen MR) is 68.5 cm³/mol. The molecule has 6 heteroatoms. The molecule has 19 heavy (non-hydrogen) atoms. The number of carbonyl (C=O) groups is 1. The molecule has 0 aliphatic heterocycles. The monoisotopic (exact) mass is 255 g/mol. The highest BCUT2D eigenvalue weighted by molar-refractivity contribution is 6.05. The van der Waals surface area contributed by atoms with Gasteiger partial charge in [0.05, 0.1) is 11.1 Å². The summed E-state index contributed by atoms with van der Waals surface area (Å²) in [5.74, 6) is -0.272. The van der Waals surface area contributed by atoms with Gasteiger partial charge in [0, 0.05) is 24.5 Å². The molecule has 0 aliphatic rings. The van der Waals surface area contributed by atoms with E-state index in [9.17, 15) is 14.9 Å². The number of allylic oxidation sites excluding steroid dienone is 1. The number of nitrogens with zero attached hydrogens (tertiary/aromatic N) is 3. The number of hydrogen-bond donors (Lipinski definition) is 0. The molecule has 0 radical (unpaired) electrons. The Morgan fingerprint density at radius 3 is 2.53 bits per heavy atom. The Morgan fingerprint density at radius 1 is 1.21 bits per heavy atom. The minimum Gasteiger partial charge on any atom is -0.287 e. The van der Waals surface area contributed by atoms with E-state index < -0.39 is 4.92 Å². The molecule has 1 aromatic carbocycles. The first-order valence-corrected chi connectivity index (χ1v) is 5.40. The molecule has 0 atom stereocenters. The number of nitro benzene ring substituents is 1. The molecule has 2 rings (SSSR count). The normalized spacial score (nSPS) is 10.5. The molecule has 0 fully saturated rings. The lowest BCUT2D eigenvalue weighted by Crippen LogP contribution is -1.98. The molecule has 0 unspecified atom stereocenters. The van der Waals surface area contributed by atoms with E-state index in [0.717, 1.165) is 0 Å². The van der Waals surface area contributed by atoms with Gasteiger partial charge in [0.1, 0.15) is 5.69 Å². The van der Waals surface area contributed by atoms with Crippen molar-refractivity contribution in [2.24, 2.45) is 0 Å². The van der Waals surface area contributed by atoms with Gasteiger partial charge in [-0.3, -0.25) is 19.9 Å². The summed E-state index contributed by atoms with van der Waals surface area (Å²) >= 11 is 0. The first-order chi connectivity index (χ1) is 9.16. The van der Waals surface area contributed by atoms with Gasteiger partial charge in [-0.05, 0) is 23.8 Å². The minimum absolute atomic E-state index is 0.0115. The molecule has 6 nitrogen and oxygen atoms in total. The van der Waals surface area contributed by atoms with Crippen molar-refractivity contribution < 1.29 is 9.72 Å². The lowest BCUT2D eigenvalue weighted by molar-refractivity contribution is -0.384. The second-order valence-corrected chi connectivity index (χ2v) is 3.64. The van der Waals surface area contributed by atoms with E-state index in [2.05, 4.69) is 9.97 Å². The van der Waals surface area contributed by atoms with Crippen LogP contribution in [0, 0.1) is 10.1 Å². The van der Waals surface area contributed by atoms with Crippen molar-refractivity contribution >= 4 is 17.5 Å². The number of rotatable bonds is 4. The fraction of sp³-hybridized carbons (Fsp3) is 0. The lowest BCUT2D eigenvalue weighted by Gasteiger charge is -1.94. The van der Waals surface area contributed by atoms with Gasteiger partial charge in [-0.25, -0.2) is 4.98 Å². The maximum atomic E-state index is 11.7. The second kappa shape index (κ2) is 5.63. The zero-order chi connectivity index (χ0) is 13.7. The first-order valence-electron chi connectivity index (χ1n) is 5.40. The molecular weight excluding hydrogens is 246 g/mol. The second-order valence-electron chi connectivity index (χ2n) is 3.64. The number of ketones is 1. The number of carbonyl (C=O) groups excluding carboxylic acids is 1. The van der Waals surface area contributed by atoms with Gasteiger partial charge in [-0.15, -0.1) is 0 Å². The van der Waals surface area contributed by atoms with Gasteiger partial charge in [-0.1, -0.05) is 6.08 Å². The third-order valence-electron chi connectivity index (χ3n) is 2.35. The van der Waals surface area contributed by atoms with Crippen molar-refractivity contribution in [3.05, 3.63) is 70.3 Å². The van der Waals surface area contributed by atoms with Crippen LogP contribution in [0.15, 0.2) is 48.9 Å². The molecule has 1 aromatic heterocycles. The van der Waals surface area contributed by atoms with E-state index in [1.54, 1.807) is 18.2 Å². The van der Waals surface area contributed by atoms with Gasteiger partial charge in [0.15, 0.2) is 0 Å². The van der Waals surface area contributed by atoms with Gasteiger partial charge in [0.2, 0.25) is 5.78 Å². The molecule has 0 amide bonds. The average molecular weight is 255 g/mol. The molecule has 0 spiro atoms. The molecule has 0 bridgehead atoms. The van der Waals surface area contributed by atoms with E-state index >= 15 is 0 Å². The standard InChI is InChI=1S/C13H9N3O3/c17-13(12-9-14-7-8-15-12)6-3-10-1-4-11(5-2-10)16(18)19/h1-9H/b6-3+. The Morgan fingerprint density at radius 2 is 1.95 bits per heavy atom. The van der Waals surface area contributed by atoms with Gasteiger partial charge in [0.25, 0.3) is 5.69 Å². The van der Waals surface area contributed by atoms with E-state index in [1.165, 1.54) is 36.8 Å². The number of non-ortho nitro benzene ring substituents is 1. The third kappa shape index (κ3) is 3.29. The van der Waals surface area contributed by atoms with Gasteiger partial charge in [-0.2, -0.15) is 0 Å². The maximum Gasteiger partial charge on any atom is 0.269 e. The van der Waals surface area contributed by atoms with Crippen LogP contribution in [-0.2, 0) is 0 Å². The number of nitro groups is 1. The van der Waals surface area contributed by atoms with E-state index in [0.29, 0.717) is 5.56 Å². The molecular formula is C13H9N3O3. The molecule has 1 heterocycles. The molecule has 2 aromatic rings. The van der Waals surface area contributed by atoms with E-state index in [4.69, 9.17) is 0 Å². The Hall–Kier alpha value is -2.89. The summed E-state index contributed by atoms with van der Waals surface area (Å²) in [6.45, 7) is 0. The molecule has 0 N–H and O–H groups in total. The van der Waals surface area contributed by atoms with Crippen LogP contribution in [0.5, 0.6) is 0 Å². The quantitative estimate of drug-likeness (QED) is 0.362. The van der Waals surface area contributed by atoms with Crippen LogP contribution in [0.25, 0.3) is 6.08 Å². The average Bonchev–Trinajstić information content (AvgIpc) is 2.46. The first kappa shape index (κ1) is 12.6. The smallest absolute Gasteiger partial charge is 0.269 e. The minimum atomic E-state index is -0.474. The fourth-order valence-corrected chi connectivity index (χ4v) is 1.39. The fourth-order valence-electron chi connectivity index (χ4n) is 1.39. The molecule has 0 saturated carbocycles. The summed E-state index contributed by atoms with van der Waals surface area (Å²) in [5, 5.41) is 10.5. The van der Waals surface area contributed by atoms with Crippen molar-refractivity contribution in [2.45, 2.75) is 0 Å². The summed E-state index contributed by atoms with van der Waals surface area (Å²) in [6.07, 6.45) is 7.22. The van der Waals surface area contributed by atoms with Crippen molar-refractivity contribution in [3.8, 4) is 0 Å². The van der Waals surface area contributed by atoms with E-state index in [-0.39, 0.29) is 17.2 Å². The summed E-state index contributed by atoms with van der Waals surface area (Å²) < 4.78 is 0. The lowest BCUT2D eigenvalue weighted by atomic mass is 10.1. The van der Waals surface area contributed by atoms with Crippen LogP contribution >= 0.6 is 0 Å². The highest BCUT2D eigenvalue weighted by Gasteiger charge is 2.04. The Kier molecular flexibility index (Phi) is 3.72. The Labute approximate surface area is 108 Å². The zero-order valence-electron chi connectivity index (χ0n) is 9.76. The predicted octanol–water partition coefficient (Wildman–Crippen LogP) is 2.28. The number of benzene rings is 1. The van der Waals surface area contributed by atoms with Crippen LogP contribution in [-0.4, -0.2) is 20.7 Å². The largest absolute Gasteiger partial charge is 0.287 e. The summed E-state index contributed by atoms with van der Waals surface area (Å²) in [5.41, 5.74) is 0.959. The van der Waals surface area contributed by atoms with Crippen molar-refractivity contribution in [1.29, 1.82) is 0 Å².